The van der Waals surface area contributed by atoms with Crippen LogP contribution in [0.25, 0.3) is 11.3 Å². The van der Waals surface area contributed by atoms with Crippen LogP contribution in [0.2, 0.25) is 25.7 Å². The second-order valence-electron chi connectivity index (χ2n) is 10.9. The molecule has 1 atom stereocenters. The Morgan fingerprint density at radius 2 is 1.87 bits per heavy atom. The topological polar surface area (TPSA) is 77.3 Å². The van der Waals surface area contributed by atoms with Crippen molar-refractivity contribution in [2.75, 3.05) is 10.9 Å². The van der Waals surface area contributed by atoms with Crippen LogP contribution >= 0.6 is 0 Å². The summed E-state index contributed by atoms with van der Waals surface area (Å²) in [5, 5.41) is 4.63. The van der Waals surface area contributed by atoms with E-state index in [1.54, 1.807) is 10.9 Å². The average molecular weight is 569 g/mol. The molecular weight excluding hydrogens is 540 g/mol. The zero-order chi connectivity index (χ0) is 27.5. The van der Waals surface area contributed by atoms with Gasteiger partial charge in [-0.2, -0.15) is 18.3 Å². The van der Waals surface area contributed by atoms with Gasteiger partial charge in [0.25, 0.3) is 10.0 Å². The minimum Gasteiger partial charge on any atom is -0.360 e. The fraction of sp³-hybridized carbons (Fsp3) is 0.440. The Kier molecular flexibility index (Phi) is 6.67. The van der Waals surface area contributed by atoms with E-state index in [0.29, 0.717) is 29.5 Å². The number of hydrogen-bond acceptors (Lipinski definition) is 5. The molecule has 1 aromatic carbocycles. The van der Waals surface area contributed by atoms with Crippen LogP contribution in [-0.2, 0) is 27.7 Å². The molecule has 1 aliphatic carbocycles. The fourth-order valence-electron chi connectivity index (χ4n) is 4.58. The normalized spacial score (nSPS) is 17.9. The number of aromatic nitrogens is 3. The SMILES string of the molecule is C[Si](C)(C)CCOCn1cc2c(n1)-c1cc(F)ccc1N(S(=O)(=O)c1ccc(C(F)(F)F)nc1)C2C1CC1. The molecule has 0 saturated heterocycles. The van der Waals surface area contributed by atoms with Gasteiger partial charge in [0.05, 0.1) is 17.4 Å². The number of nitrogens with zero attached hydrogens (tertiary/aromatic N) is 4. The molecule has 3 aromatic rings. The Morgan fingerprint density at radius 3 is 2.47 bits per heavy atom. The molecule has 1 fully saturated rings. The van der Waals surface area contributed by atoms with Crippen LogP contribution in [0.15, 0.2) is 47.6 Å². The molecule has 1 aliphatic heterocycles. The fourth-order valence-corrected chi connectivity index (χ4v) is 6.99. The molecule has 0 bridgehead atoms. The van der Waals surface area contributed by atoms with Crippen molar-refractivity contribution in [3.63, 3.8) is 0 Å². The maximum Gasteiger partial charge on any atom is 0.433 e. The minimum atomic E-state index is -4.70. The number of fused-ring (bicyclic) bond motifs is 3. The van der Waals surface area contributed by atoms with Gasteiger partial charge in [-0.25, -0.2) is 17.5 Å². The van der Waals surface area contributed by atoms with Crippen molar-refractivity contribution in [2.24, 2.45) is 5.92 Å². The molecule has 3 heterocycles. The van der Waals surface area contributed by atoms with Crippen molar-refractivity contribution in [1.82, 2.24) is 14.8 Å². The van der Waals surface area contributed by atoms with Crippen molar-refractivity contribution < 1.29 is 30.7 Å². The second-order valence-corrected chi connectivity index (χ2v) is 18.4. The summed E-state index contributed by atoms with van der Waals surface area (Å²) in [6.45, 7) is 7.47. The summed E-state index contributed by atoms with van der Waals surface area (Å²) >= 11 is 0. The largest absolute Gasteiger partial charge is 0.433 e. The molecule has 2 aliphatic rings. The minimum absolute atomic E-state index is 0.0189. The van der Waals surface area contributed by atoms with Gasteiger partial charge in [-0.3, -0.25) is 9.29 Å². The molecule has 5 rings (SSSR count). The Balaban J connectivity index is 1.55. The smallest absolute Gasteiger partial charge is 0.360 e. The number of halogens is 4. The molecule has 1 saturated carbocycles. The number of anilines is 1. The average Bonchev–Trinajstić information content (AvgIpc) is 3.58. The van der Waals surface area contributed by atoms with Crippen LogP contribution in [0.3, 0.4) is 0 Å². The zero-order valence-electron chi connectivity index (χ0n) is 21.2. The lowest BCUT2D eigenvalue weighted by atomic mass is 9.93. The van der Waals surface area contributed by atoms with Crippen LogP contribution in [0.1, 0.15) is 30.1 Å². The van der Waals surface area contributed by atoms with Crippen LogP contribution < -0.4 is 4.31 Å². The molecule has 0 amide bonds. The highest BCUT2D eigenvalue weighted by Crippen LogP contribution is 2.55. The Labute approximate surface area is 219 Å². The summed E-state index contributed by atoms with van der Waals surface area (Å²) in [6.07, 6.45) is -0.703. The van der Waals surface area contributed by atoms with Crippen LogP contribution in [0, 0.1) is 11.7 Å². The van der Waals surface area contributed by atoms with Crippen LogP contribution in [0.4, 0.5) is 23.2 Å². The number of rotatable bonds is 8. The maximum atomic E-state index is 14.4. The highest BCUT2D eigenvalue weighted by atomic mass is 32.2. The lowest BCUT2D eigenvalue weighted by Gasteiger charge is -2.37. The first kappa shape index (κ1) is 26.8. The van der Waals surface area contributed by atoms with E-state index in [-0.39, 0.29) is 23.2 Å². The Hall–Kier alpha value is -2.77. The highest BCUT2D eigenvalue weighted by molar-refractivity contribution is 7.92. The van der Waals surface area contributed by atoms with Crippen molar-refractivity contribution in [3.05, 3.63) is 59.8 Å². The quantitative estimate of drug-likeness (QED) is 0.187. The van der Waals surface area contributed by atoms with Gasteiger partial charge in [-0.05, 0) is 55.1 Å². The molecule has 0 radical (unpaired) electrons. The van der Waals surface area contributed by atoms with Gasteiger partial charge in [-0.15, -0.1) is 0 Å². The zero-order valence-corrected chi connectivity index (χ0v) is 23.0. The highest BCUT2D eigenvalue weighted by Gasteiger charge is 2.48. The van der Waals surface area contributed by atoms with Crippen molar-refractivity contribution in [3.8, 4) is 11.3 Å². The molecule has 38 heavy (non-hydrogen) atoms. The number of pyridine rings is 1. The number of alkyl halides is 3. The number of benzene rings is 1. The van der Waals surface area contributed by atoms with Gasteiger partial charge in [0.15, 0.2) is 0 Å². The van der Waals surface area contributed by atoms with E-state index in [1.807, 2.05) is 0 Å². The summed E-state index contributed by atoms with van der Waals surface area (Å²) in [6, 6.07) is 5.65. The molecule has 0 N–H and O–H groups in total. The first-order valence-corrected chi connectivity index (χ1v) is 17.4. The maximum absolute atomic E-state index is 14.4. The molecular formula is C25H28F4N4O3SSi. The molecule has 2 aromatic heterocycles. The number of ether oxygens (including phenoxy) is 1. The Bertz CT molecular complexity index is 1450. The lowest BCUT2D eigenvalue weighted by Crippen LogP contribution is -2.38. The van der Waals surface area contributed by atoms with Crippen molar-refractivity contribution in [1.29, 1.82) is 0 Å². The first-order valence-electron chi connectivity index (χ1n) is 12.3. The first-order chi connectivity index (χ1) is 17.8. The van der Waals surface area contributed by atoms with E-state index in [1.165, 1.54) is 16.4 Å². The third-order valence-corrected chi connectivity index (χ3v) is 10.2. The monoisotopic (exact) mass is 568 g/mol. The van der Waals surface area contributed by atoms with E-state index in [9.17, 15) is 26.0 Å². The van der Waals surface area contributed by atoms with Gasteiger partial charge >= 0.3 is 6.18 Å². The van der Waals surface area contributed by atoms with Gasteiger partial charge in [-0.1, -0.05) is 19.6 Å². The van der Waals surface area contributed by atoms with Crippen molar-refractivity contribution in [2.45, 2.75) is 62.4 Å². The van der Waals surface area contributed by atoms with Crippen LogP contribution in [-0.4, -0.2) is 37.9 Å². The summed E-state index contributed by atoms with van der Waals surface area (Å²) < 4.78 is 90.0. The van der Waals surface area contributed by atoms with E-state index >= 15 is 0 Å². The van der Waals surface area contributed by atoms with E-state index in [4.69, 9.17) is 4.74 Å². The molecule has 7 nitrogen and oxygen atoms in total. The molecule has 0 spiro atoms. The Morgan fingerprint density at radius 1 is 1.13 bits per heavy atom. The number of sulfonamides is 1. The number of hydrogen-bond donors (Lipinski definition) is 0. The predicted octanol–water partition coefficient (Wildman–Crippen LogP) is 6.08. The second kappa shape index (κ2) is 9.45. The standard InChI is InChI=1S/C25H28F4N4O3SSi/c1-38(2,3)11-10-36-15-32-14-20-23(31-32)19-12-17(26)6-8-21(19)33(24(20)16-4-5-16)37(34,35)18-7-9-22(30-13-18)25(27,28)29/h6-9,12-14,16,24H,4-5,10-11,15H2,1-3H3. The molecule has 13 heteroatoms. The third kappa shape index (κ3) is 5.23. The van der Waals surface area contributed by atoms with E-state index in [0.717, 1.165) is 37.2 Å². The van der Waals surface area contributed by atoms with Gasteiger partial charge in [0, 0.05) is 38.2 Å². The predicted molar refractivity (Wildman–Crippen MR) is 136 cm³/mol. The summed E-state index contributed by atoms with van der Waals surface area (Å²) in [4.78, 5) is 2.98. The summed E-state index contributed by atoms with van der Waals surface area (Å²) in [5.74, 6) is -0.580. The summed E-state index contributed by atoms with van der Waals surface area (Å²) in [5.41, 5.74) is 0.417. The summed E-state index contributed by atoms with van der Waals surface area (Å²) in [7, 11) is -5.65. The van der Waals surface area contributed by atoms with Crippen LogP contribution in [0.5, 0.6) is 0 Å². The van der Waals surface area contributed by atoms with Gasteiger partial charge in [0.2, 0.25) is 0 Å². The van der Waals surface area contributed by atoms with E-state index < -0.39 is 41.8 Å². The third-order valence-electron chi connectivity index (χ3n) is 6.68. The van der Waals surface area contributed by atoms with Gasteiger partial charge < -0.3 is 4.74 Å². The van der Waals surface area contributed by atoms with Crippen molar-refractivity contribution >= 4 is 23.8 Å². The van der Waals surface area contributed by atoms with Gasteiger partial charge in [0.1, 0.15) is 23.1 Å². The lowest BCUT2D eigenvalue weighted by molar-refractivity contribution is -0.141. The molecule has 204 valence electrons. The van der Waals surface area contributed by atoms with E-state index in [2.05, 4.69) is 29.7 Å². The molecule has 1 unspecified atom stereocenters.